The van der Waals surface area contributed by atoms with Crippen molar-refractivity contribution in [1.82, 2.24) is 19.4 Å². The van der Waals surface area contributed by atoms with E-state index in [1.54, 1.807) is 0 Å². The van der Waals surface area contributed by atoms with Gasteiger partial charge in [0.1, 0.15) is 0 Å². The maximum Gasteiger partial charge on any atom is 0.291 e. The molecule has 160 valence electrons. The number of hydrogen-bond acceptors (Lipinski definition) is 6. The first kappa shape index (κ1) is 19.5. The molecule has 0 aromatic carbocycles. The number of morpholine rings is 1. The molecule has 0 radical (unpaired) electrons. The predicted molar refractivity (Wildman–Crippen MR) is 109 cm³/mol. The zero-order valence-corrected chi connectivity index (χ0v) is 17.5. The summed E-state index contributed by atoms with van der Waals surface area (Å²) in [6, 6.07) is 4.07. The Kier molecular flexibility index (Phi) is 4.99. The third kappa shape index (κ3) is 3.58. The number of fused-ring (bicyclic) bond motifs is 4. The van der Waals surface area contributed by atoms with Crippen LogP contribution in [0.5, 0.6) is 0 Å². The average Bonchev–Trinajstić information content (AvgIpc) is 3.24. The van der Waals surface area contributed by atoms with E-state index in [9.17, 15) is 9.59 Å². The zero-order valence-electron chi connectivity index (χ0n) is 17.5. The summed E-state index contributed by atoms with van der Waals surface area (Å²) >= 11 is 0. The third-order valence-electron chi connectivity index (χ3n) is 6.50. The van der Waals surface area contributed by atoms with E-state index in [0.717, 1.165) is 30.8 Å². The zero-order chi connectivity index (χ0) is 20.8. The Morgan fingerprint density at radius 2 is 1.93 bits per heavy atom. The number of likely N-dealkylation sites (tertiary alicyclic amines) is 1. The number of hydrogen-bond donors (Lipinski definition) is 0. The maximum atomic E-state index is 13.3. The molecule has 2 bridgehead atoms. The number of carbonyl (C=O) groups is 1. The third-order valence-corrected chi connectivity index (χ3v) is 6.50. The summed E-state index contributed by atoms with van der Waals surface area (Å²) in [6.45, 7) is 8.41. The number of aromatic nitrogens is 2. The SMILES string of the molecule is C[C@@H]1CN(Cc2ccc3n(c2=O)C[C@H]2C[C@@H]3CN(C(=O)c3cnco3)C2)C[C@H](C)O1. The van der Waals surface area contributed by atoms with E-state index in [1.165, 1.54) is 12.6 Å². The first-order valence-corrected chi connectivity index (χ1v) is 10.8. The van der Waals surface area contributed by atoms with Crippen molar-refractivity contribution < 1.29 is 13.9 Å². The Bertz CT molecular complexity index is 976. The van der Waals surface area contributed by atoms with Crippen LogP contribution < -0.4 is 5.56 Å². The molecule has 0 spiro atoms. The standard InChI is InChI=1S/C22H28N4O4/c1-14-7-24(8-15(2)30-14)11-17-3-4-19-18-5-16(10-26(19)21(17)27)9-25(12-18)22(28)20-6-23-13-29-20/h3-4,6,13-16,18H,5,7-12H2,1-2H3/t14-,15+,16-,18+/m0/s1. The minimum absolute atomic E-state index is 0.115. The lowest BCUT2D eigenvalue weighted by Crippen LogP contribution is -2.50. The molecule has 1 amide bonds. The molecule has 3 aliphatic heterocycles. The Morgan fingerprint density at radius 3 is 2.67 bits per heavy atom. The second kappa shape index (κ2) is 7.67. The average molecular weight is 412 g/mol. The number of piperidine rings is 1. The van der Waals surface area contributed by atoms with Crippen molar-refractivity contribution in [3.05, 3.63) is 52.1 Å². The molecule has 4 atom stereocenters. The van der Waals surface area contributed by atoms with E-state index >= 15 is 0 Å². The molecular weight excluding hydrogens is 384 g/mol. The van der Waals surface area contributed by atoms with Gasteiger partial charge in [0, 0.05) is 56.4 Å². The van der Waals surface area contributed by atoms with Crippen molar-refractivity contribution in [3.63, 3.8) is 0 Å². The van der Waals surface area contributed by atoms with Crippen LogP contribution in [0.4, 0.5) is 0 Å². The molecule has 2 saturated heterocycles. The number of nitrogens with zero attached hydrogens (tertiary/aromatic N) is 4. The normalized spacial score (nSPS) is 28.9. The number of rotatable bonds is 3. The summed E-state index contributed by atoms with van der Waals surface area (Å²) in [4.78, 5) is 34.0. The van der Waals surface area contributed by atoms with E-state index in [1.807, 2.05) is 15.5 Å². The van der Waals surface area contributed by atoms with Gasteiger partial charge in [0.25, 0.3) is 11.5 Å². The van der Waals surface area contributed by atoms with Crippen LogP contribution in [0.1, 0.15) is 48.0 Å². The summed E-state index contributed by atoms with van der Waals surface area (Å²) in [7, 11) is 0. The lowest BCUT2D eigenvalue weighted by atomic mass is 9.83. The monoisotopic (exact) mass is 412 g/mol. The maximum absolute atomic E-state index is 13.3. The number of oxazole rings is 1. The van der Waals surface area contributed by atoms with Crippen molar-refractivity contribution in [2.75, 3.05) is 26.2 Å². The molecule has 30 heavy (non-hydrogen) atoms. The summed E-state index contributed by atoms with van der Waals surface area (Å²) in [6.07, 6.45) is 4.12. The van der Waals surface area contributed by atoms with Gasteiger partial charge in [-0.15, -0.1) is 0 Å². The van der Waals surface area contributed by atoms with Crippen LogP contribution in [0.25, 0.3) is 0 Å². The van der Waals surface area contributed by atoms with Gasteiger partial charge in [0.2, 0.25) is 5.76 Å². The summed E-state index contributed by atoms with van der Waals surface area (Å²) < 4.78 is 13.0. The fourth-order valence-corrected chi connectivity index (χ4v) is 5.41. The molecule has 0 unspecified atom stereocenters. The van der Waals surface area contributed by atoms with Crippen molar-refractivity contribution in [2.45, 2.75) is 51.5 Å². The Labute approximate surface area is 175 Å². The predicted octanol–water partition coefficient (Wildman–Crippen LogP) is 1.70. The number of carbonyl (C=O) groups excluding carboxylic acids is 1. The highest BCUT2D eigenvalue weighted by molar-refractivity contribution is 5.91. The fraction of sp³-hybridized carbons (Fsp3) is 0.591. The fourth-order valence-electron chi connectivity index (χ4n) is 5.41. The highest BCUT2D eigenvalue weighted by Gasteiger charge is 2.37. The minimum atomic E-state index is -0.120. The largest absolute Gasteiger partial charge is 0.438 e. The number of amides is 1. The van der Waals surface area contributed by atoms with Crippen LogP contribution in [0.15, 0.2) is 33.9 Å². The van der Waals surface area contributed by atoms with Gasteiger partial charge in [-0.3, -0.25) is 14.5 Å². The molecule has 5 heterocycles. The van der Waals surface area contributed by atoms with Gasteiger partial charge >= 0.3 is 0 Å². The molecule has 2 aromatic heterocycles. The van der Waals surface area contributed by atoms with Gasteiger partial charge < -0.3 is 18.6 Å². The van der Waals surface area contributed by atoms with Crippen molar-refractivity contribution in [2.24, 2.45) is 5.92 Å². The van der Waals surface area contributed by atoms with Crippen LogP contribution in [-0.2, 0) is 17.8 Å². The Morgan fingerprint density at radius 1 is 1.13 bits per heavy atom. The first-order chi connectivity index (χ1) is 14.5. The van der Waals surface area contributed by atoms with Gasteiger partial charge in [-0.05, 0) is 32.3 Å². The van der Waals surface area contributed by atoms with Gasteiger partial charge in [-0.2, -0.15) is 0 Å². The number of ether oxygens (including phenoxy) is 1. The molecule has 2 fully saturated rings. The van der Waals surface area contributed by atoms with Crippen LogP contribution in [-0.4, -0.2) is 63.6 Å². The van der Waals surface area contributed by atoms with E-state index in [0.29, 0.717) is 26.2 Å². The molecule has 0 aliphatic carbocycles. The second-order valence-electron chi connectivity index (χ2n) is 9.03. The highest BCUT2D eigenvalue weighted by Crippen LogP contribution is 2.35. The van der Waals surface area contributed by atoms with Gasteiger partial charge in [0.15, 0.2) is 6.39 Å². The van der Waals surface area contributed by atoms with Gasteiger partial charge in [-0.1, -0.05) is 6.07 Å². The van der Waals surface area contributed by atoms with Gasteiger partial charge in [0.05, 0.1) is 18.4 Å². The highest BCUT2D eigenvalue weighted by atomic mass is 16.5. The van der Waals surface area contributed by atoms with E-state index in [2.05, 4.69) is 29.8 Å². The summed E-state index contributed by atoms with van der Waals surface area (Å²) in [5.41, 5.74) is 2.00. The lowest BCUT2D eigenvalue weighted by Gasteiger charge is -2.42. The Hall–Kier alpha value is -2.45. The van der Waals surface area contributed by atoms with E-state index < -0.39 is 0 Å². The van der Waals surface area contributed by atoms with E-state index in [-0.39, 0.29) is 41.3 Å². The van der Waals surface area contributed by atoms with Crippen molar-refractivity contribution >= 4 is 5.91 Å². The molecule has 8 heteroatoms. The minimum Gasteiger partial charge on any atom is -0.438 e. The van der Waals surface area contributed by atoms with Crippen molar-refractivity contribution in [1.29, 1.82) is 0 Å². The van der Waals surface area contributed by atoms with Crippen LogP contribution in [0, 0.1) is 5.92 Å². The molecule has 5 rings (SSSR count). The lowest BCUT2D eigenvalue weighted by molar-refractivity contribution is -0.0706. The molecule has 0 saturated carbocycles. The summed E-state index contributed by atoms with van der Waals surface area (Å²) in [5, 5.41) is 0. The quantitative estimate of drug-likeness (QED) is 0.764. The molecule has 2 aromatic rings. The topological polar surface area (TPSA) is 80.8 Å². The molecule has 0 N–H and O–H groups in total. The Balaban J connectivity index is 1.36. The summed E-state index contributed by atoms with van der Waals surface area (Å²) in [5.74, 6) is 0.607. The smallest absolute Gasteiger partial charge is 0.291 e. The number of pyridine rings is 1. The van der Waals surface area contributed by atoms with Crippen LogP contribution >= 0.6 is 0 Å². The molecule has 8 nitrogen and oxygen atoms in total. The van der Waals surface area contributed by atoms with Gasteiger partial charge in [-0.25, -0.2) is 4.98 Å². The molecule has 3 aliphatic rings. The second-order valence-corrected chi connectivity index (χ2v) is 9.03. The first-order valence-electron chi connectivity index (χ1n) is 10.8. The van der Waals surface area contributed by atoms with Crippen LogP contribution in [0.3, 0.4) is 0 Å². The van der Waals surface area contributed by atoms with E-state index in [4.69, 9.17) is 9.15 Å². The van der Waals surface area contributed by atoms with Crippen molar-refractivity contribution in [3.8, 4) is 0 Å². The van der Waals surface area contributed by atoms with Crippen LogP contribution in [0.2, 0.25) is 0 Å². The molecular formula is C22H28N4O4.